The molecule has 1 fully saturated rings. The number of nitrogens with one attached hydrogen (secondary N) is 1. The summed E-state index contributed by atoms with van der Waals surface area (Å²) in [6.07, 6.45) is 2.26. The summed E-state index contributed by atoms with van der Waals surface area (Å²) in [6.45, 7) is 3.98. The van der Waals surface area contributed by atoms with Crippen LogP contribution >= 0.6 is 0 Å². The Morgan fingerprint density at radius 1 is 1.17 bits per heavy atom. The van der Waals surface area contributed by atoms with Gasteiger partial charge in [0.25, 0.3) is 0 Å². The van der Waals surface area contributed by atoms with Gasteiger partial charge in [-0.3, -0.25) is 9.69 Å². The van der Waals surface area contributed by atoms with Crippen LogP contribution < -0.4 is 14.8 Å². The largest absolute Gasteiger partial charge is 0.486 e. The second-order valence-corrected chi connectivity index (χ2v) is 7.99. The van der Waals surface area contributed by atoms with E-state index in [0.29, 0.717) is 19.2 Å². The van der Waals surface area contributed by atoms with E-state index in [1.54, 1.807) is 0 Å². The van der Waals surface area contributed by atoms with Gasteiger partial charge in [0.2, 0.25) is 0 Å². The fourth-order valence-corrected chi connectivity index (χ4v) is 4.28. The minimum atomic E-state index is -0.293. The van der Waals surface area contributed by atoms with E-state index in [1.807, 2.05) is 54.6 Å². The van der Waals surface area contributed by atoms with Crippen molar-refractivity contribution < 1.29 is 19.0 Å². The van der Waals surface area contributed by atoms with Crippen molar-refractivity contribution in [1.29, 1.82) is 0 Å². The monoisotopic (exact) mass is 410 g/mol. The second-order valence-electron chi connectivity index (χ2n) is 7.99. The Morgan fingerprint density at radius 3 is 2.73 bits per heavy atom. The number of piperidine rings is 1. The molecular formula is C24H30N2O4. The fourth-order valence-electron chi connectivity index (χ4n) is 4.28. The number of hydrogen-bond acceptors (Lipinski definition) is 6. The number of carbonyl (C=O) groups is 1. The zero-order chi connectivity index (χ0) is 20.8. The third kappa shape index (κ3) is 5.12. The fraction of sp³-hybridized carbons (Fsp3) is 0.458. The summed E-state index contributed by atoms with van der Waals surface area (Å²) in [5.41, 5.74) is 0.982. The SMILES string of the molecule is COC(=O)C(CNC1CCCN(CC2COc3ccccc3O2)C1)c1ccccc1. The number of para-hydroxylation sites is 2. The molecule has 0 bridgehead atoms. The number of ether oxygens (including phenoxy) is 3. The van der Waals surface area contributed by atoms with E-state index < -0.39 is 0 Å². The zero-order valence-corrected chi connectivity index (χ0v) is 17.5. The molecule has 0 aliphatic carbocycles. The molecule has 30 heavy (non-hydrogen) atoms. The van der Waals surface area contributed by atoms with Crippen LogP contribution in [0.15, 0.2) is 54.6 Å². The number of nitrogens with zero attached hydrogens (tertiary/aromatic N) is 1. The Balaban J connectivity index is 1.30. The molecule has 2 heterocycles. The lowest BCUT2D eigenvalue weighted by molar-refractivity contribution is -0.142. The van der Waals surface area contributed by atoms with Gasteiger partial charge < -0.3 is 19.5 Å². The van der Waals surface area contributed by atoms with E-state index in [2.05, 4.69) is 10.2 Å². The summed E-state index contributed by atoms with van der Waals surface area (Å²) < 4.78 is 17.0. The van der Waals surface area contributed by atoms with Crippen LogP contribution in [0.3, 0.4) is 0 Å². The van der Waals surface area contributed by atoms with Gasteiger partial charge in [0.1, 0.15) is 12.7 Å². The number of carbonyl (C=O) groups excluding carboxylic acids is 1. The van der Waals surface area contributed by atoms with Gasteiger partial charge in [-0.05, 0) is 37.1 Å². The maximum Gasteiger partial charge on any atom is 0.314 e. The first kappa shape index (κ1) is 20.7. The molecule has 160 valence electrons. The van der Waals surface area contributed by atoms with E-state index in [-0.39, 0.29) is 18.0 Å². The van der Waals surface area contributed by atoms with Crippen molar-refractivity contribution in [2.24, 2.45) is 0 Å². The van der Waals surface area contributed by atoms with E-state index in [4.69, 9.17) is 14.2 Å². The average Bonchev–Trinajstić information content (AvgIpc) is 2.80. The molecule has 4 rings (SSSR count). The summed E-state index contributed by atoms with van der Waals surface area (Å²) in [5, 5.41) is 3.60. The van der Waals surface area contributed by atoms with Crippen molar-refractivity contribution in [3.63, 3.8) is 0 Å². The average molecular weight is 411 g/mol. The first-order valence-electron chi connectivity index (χ1n) is 10.7. The number of methoxy groups -OCH3 is 1. The molecule has 6 heteroatoms. The molecule has 2 aliphatic heterocycles. The first-order chi connectivity index (χ1) is 14.7. The highest BCUT2D eigenvalue weighted by molar-refractivity contribution is 5.78. The van der Waals surface area contributed by atoms with Crippen LogP contribution in [0.4, 0.5) is 0 Å². The Hall–Kier alpha value is -2.57. The van der Waals surface area contributed by atoms with Gasteiger partial charge in [-0.15, -0.1) is 0 Å². The van der Waals surface area contributed by atoms with Crippen LogP contribution in [-0.2, 0) is 9.53 Å². The maximum absolute atomic E-state index is 12.3. The van der Waals surface area contributed by atoms with Crippen LogP contribution in [0.25, 0.3) is 0 Å². The third-order valence-corrected chi connectivity index (χ3v) is 5.83. The van der Waals surface area contributed by atoms with Crippen molar-refractivity contribution in [2.75, 3.05) is 39.9 Å². The predicted octanol–water partition coefficient (Wildman–Crippen LogP) is 2.84. The maximum atomic E-state index is 12.3. The highest BCUT2D eigenvalue weighted by Crippen LogP contribution is 2.31. The van der Waals surface area contributed by atoms with Crippen molar-refractivity contribution in [3.8, 4) is 11.5 Å². The molecule has 1 N–H and O–H groups in total. The van der Waals surface area contributed by atoms with Gasteiger partial charge in [0.15, 0.2) is 11.5 Å². The standard InChI is InChI=1S/C24H30N2O4/c1-28-24(27)21(18-8-3-2-4-9-18)14-25-19-10-7-13-26(15-19)16-20-17-29-22-11-5-6-12-23(22)30-20/h2-6,8-9,11-12,19-21,25H,7,10,13-17H2,1H3. The minimum absolute atomic E-state index is 0.0331. The second kappa shape index (κ2) is 9.96. The van der Waals surface area contributed by atoms with Crippen LogP contribution in [0.5, 0.6) is 11.5 Å². The molecule has 6 nitrogen and oxygen atoms in total. The zero-order valence-electron chi connectivity index (χ0n) is 17.5. The molecule has 2 aliphatic rings. The predicted molar refractivity (Wildman–Crippen MR) is 115 cm³/mol. The lowest BCUT2D eigenvalue weighted by Gasteiger charge is -2.37. The summed E-state index contributed by atoms with van der Waals surface area (Å²) in [7, 11) is 1.45. The molecule has 2 aromatic rings. The molecule has 0 amide bonds. The third-order valence-electron chi connectivity index (χ3n) is 5.83. The summed E-state index contributed by atoms with van der Waals surface area (Å²) in [4.78, 5) is 14.7. The van der Waals surface area contributed by atoms with Gasteiger partial charge in [0, 0.05) is 25.7 Å². The summed E-state index contributed by atoms with van der Waals surface area (Å²) in [5.74, 6) is 1.15. The first-order valence-corrected chi connectivity index (χ1v) is 10.7. The normalized spacial score (nSPS) is 22.3. The molecular weight excluding hydrogens is 380 g/mol. The molecule has 0 aromatic heterocycles. The van der Waals surface area contributed by atoms with Gasteiger partial charge in [-0.2, -0.15) is 0 Å². The molecule has 1 saturated heterocycles. The molecule has 0 saturated carbocycles. The van der Waals surface area contributed by atoms with Crippen molar-refractivity contribution in [2.45, 2.75) is 30.9 Å². The molecule has 3 unspecified atom stereocenters. The number of esters is 1. The van der Waals surface area contributed by atoms with Gasteiger partial charge in [0.05, 0.1) is 13.0 Å². The Labute approximate surface area is 178 Å². The van der Waals surface area contributed by atoms with Gasteiger partial charge in [-0.1, -0.05) is 42.5 Å². The van der Waals surface area contributed by atoms with Crippen LogP contribution in [-0.4, -0.2) is 62.9 Å². The summed E-state index contributed by atoms with van der Waals surface area (Å²) >= 11 is 0. The minimum Gasteiger partial charge on any atom is -0.486 e. The van der Waals surface area contributed by atoms with E-state index in [0.717, 1.165) is 49.5 Å². The highest BCUT2D eigenvalue weighted by Gasteiger charge is 2.28. The molecule has 3 atom stereocenters. The number of hydrogen-bond donors (Lipinski definition) is 1. The lowest BCUT2D eigenvalue weighted by Crippen LogP contribution is -2.50. The molecule has 2 aromatic carbocycles. The lowest BCUT2D eigenvalue weighted by atomic mass is 9.98. The smallest absolute Gasteiger partial charge is 0.314 e. The van der Waals surface area contributed by atoms with Crippen molar-refractivity contribution >= 4 is 5.97 Å². The van der Waals surface area contributed by atoms with E-state index in [1.165, 1.54) is 7.11 Å². The van der Waals surface area contributed by atoms with Crippen molar-refractivity contribution in [3.05, 3.63) is 60.2 Å². The Bertz CT molecular complexity index is 829. The Morgan fingerprint density at radius 2 is 1.93 bits per heavy atom. The highest BCUT2D eigenvalue weighted by atomic mass is 16.6. The Kier molecular flexibility index (Phi) is 6.87. The van der Waals surface area contributed by atoms with Crippen LogP contribution in [0.2, 0.25) is 0 Å². The quantitative estimate of drug-likeness (QED) is 0.709. The molecule has 0 spiro atoms. The summed E-state index contributed by atoms with van der Waals surface area (Å²) in [6, 6.07) is 18.0. The topological polar surface area (TPSA) is 60.0 Å². The van der Waals surface area contributed by atoms with Crippen LogP contribution in [0.1, 0.15) is 24.3 Å². The number of rotatable bonds is 7. The van der Waals surface area contributed by atoms with Gasteiger partial charge in [-0.25, -0.2) is 0 Å². The van der Waals surface area contributed by atoms with E-state index in [9.17, 15) is 4.79 Å². The number of fused-ring (bicyclic) bond motifs is 1. The van der Waals surface area contributed by atoms with Crippen LogP contribution in [0, 0.1) is 0 Å². The van der Waals surface area contributed by atoms with E-state index >= 15 is 0 Å². The molecule has 0 radical (unpaired) electrons. The van der Waals surface area contributed by atoms with Gasteiger partial charge >= 0.3 is 5.97 Å². The van der Waals surface area contributed by atoms with Crippen molar-refractivity contribution in [1.82, 2.24) is 10.2 Å². The number of benzene rings is 2. The number of likely N-dealkylation sites (tertiary alicyclic amines) is 1.